The Morgan fingerprint density at radius 3 is 2.31 bits per heavy atom. The summed E-state index contributed by atoms with van der Waals surface area (Å²) in [7, 11) is 0. The molecule has 3 aromatic carbocycles. The van der Waals surface area contributed by atoms with E-state index < -0.39 is 0 Å². The van der Waals surface area contributed by atoms with Crippen molar-refractivity contribution < 1.29 is 4.74 Å². The van der Waals surface area contributed by atoms with Crippen LogP contribution in [0.15, 0.2) is 88.8 Å². The maximum Gasteiger partial charge on any atom is 0.141 e. The summed E-state index contributed by atoms with van der Waals surface area (Å²) >= 11 is 1.83. The second kappa shape index (κ2) is 9.25. The predicted molar refractivity (Wildman–Crippen MR) is 112 cm³/mol. The van der Waals surface area contributed by atoms with E-state index in [0.29, 0.717) is 5.25 Å². The van der Waals surface area contributed by atoms with Gasteiger partial charge in [0.05, 0.1) is 10.6 Å². The number of thioether (sulfide) groups is 1. The van der Waals surface area contributed by atoms with Gasteiger partial charge in [-0.1, -0.05) is 62.4 Å². The van der Waals surface area contributed by atoms with Crippen molar-refractivity contribution in [3.05, 3.63) is 84.4 Å². The molecule has 0 aliphatic heterocycles. The van der Waals surface area contributed by atoms with Crippen molar-refractivity contribution in [1.82, 2.24) is 0 Å². The monoisotopic (exact) mass is 361 g/mol. The van der Waals surface area contributed by atoms with Gasteiger partial charge in [0.25, 0.3) is 0 Å². The molecule has 0 heterocycles. The van der Waals surface area contributed by atoms with Crippen LogP contribution < -0.4 is 4.74 Å². The first kappa shape index (κ1) is 18.3. The molecule has 0 spiro atoms. The number of nitrogens with zero attached hydrogens (tertiary/aromatic N) is 1. The fourth-order valence-corrected chi connectivity index (χ4v) is 3.45. The number of rotatable bonds is 7. The average molecular weight is 362 g/mol. The summed E-state index contributed by atoms with van der Waals surface area (Å²) in [5, 5.41) is 0.499. The molecule has 132 valence electrons. The Morgan fingerprint density at radius 1 is 0.923 bits per heavy atom. The van der Waals surface area contributed by atoms with Gasteiger partial charge in [0.1, 0.15) is 11.5 Å². The quantitative estimate of drug-likeness (QED) is 0.330. The van der Waals surface area contributed by atoms with Gasteiger partial charge < -0.3 is 4.74 Å². The van der Waals surface area contributed by atoms with E-state index in [1.807, 2.05) is 90.8 Å². The molecule has 2 nitrogen and oxygen atoms in total. The maximum atomic E-state index is 6.17. The van der Waals surface area contributed by atoms with Crippen molar-refractivity contribution in [1.29, 1.82) is 0 Å². The van der Waals surface area contributed by atoms with Gasteiger partial charge in [-0.05, 0) is 36.8 Å². The largest absolute Gasteiger partial charge is 0.456 e. The highest BCUT2D eigenvalue weighted by atomic mass is 32.2. The Bertz CT molecular complexity index is 847. The van der Waals surface area contributed by atoms with Crippen LogP contribution >= 0.6 is 11.8 Å². The lowest BCUT2D eigenvalue weighted by Crippen LogP contribution is -1.98. The molecule has 1 unspecified atom stereocenters. The van der Waals surface area contributed by atoms with Crippen LogP contribution in [0.5, 0.6) is 11.5 Å². The summed E-state index contributed by atoms with van der Waals surface area (Å²) in [4.78, 5) is 5.75. The van der Waals surface area contributed by atoms with Crippen LogP contribution in [-0.2, 0) is 0 Å². The summed E-state index contributed by atoms with van der Waals surface area (Å²) in [5.74, 6) is 1.72. The van der Waals surface area contributed by atoms with Crippen molar-refractivity contribution in [3.63, 3.8) is 0 Å². The van der Waals surface area contributed by atoms with E-state index in [1.54, 1.807) is 0 Å². The molecule has 0 fully saturated rings. The highest BCUT2D eigenvalue weighted by molar-refractivity contribution is 8.00. The molecule has 3 aromatic rings. The fourth-order valence-electron chi connectivity index (χ4n) is 2.40. The minimum atomic E-state index is 0.499. The van der Waals surface area contributed by atoms with E-state index in [0.717, 1.165) is 34.1 Å². The Labute approximate surface area is 160 Å². The molecule has 0 saturated heterocycles. The smallest absolute Gasteiger partial charge is 0.141 e. The predicted octanol–water partition coefficient (Wildman–Crippen LogP) is 7.12. The van der Waals surface area contributed by atoms with Crippen LogP contribution in [-0.4, -0.2) is 11.5 Å². The van der Waals surface area contributed by atoms with Gasteiger partial charge in [0.2, 0.25) is 0 Å². The van der Waals surface area contributed by atoms with Gasteiger partial charge in [-0.3, -0.25) is 4.99 Å². The molecule has 3 rings (SSSR count). The lowest BCUT2D eigenvalue weighted by molar-refractivity contribution is 0.471. The number of aliphatic imine (C=N–C) groups is 1. The highest BCUT2D eigenvalue weighted by Gasteiger charge is 2.13. The molecule has 0 amide bonds. The summed E-state index contributed by atoms with van der Waals surface area (Å²) in [5.41, 5.74) is 2.02. The van der Waals surface area contributed by atoms with Gasteiger partial charge in [0.15, 0.2) is 0 Å². The molecular weight excluding hydrogens is 338 g/mol. The zero-order valence-electron chi connectivity index (χ0n) is 15.1. The van der Waals surface area contributed by atoms with Crippen molar-refractivity contribution in [2.75, 3.05) is 0 Å². The Hall–Kier alpha value is -2.52. The second-order valence-corrected chi connectivity index (χ2v) is 7.47. The zero-order chi connectivity index (χ0) is 18.2. The first-order chi connectivity index (χ1) is 12.8. The van der Waals surface area contributed by atoms with E-state index in [1.165, 1.54) is 0 Å². The summed E-state index contributed by atoms with van der Waals surface area (Å²) in [6, 6.07) is 26.0. The molecule has 0 aliphatic carbocycles. The van der Waals surface area contributed by atoms with E-state index in [-0.39, 0.29) is 0 Å². The SMILES string of the molecule is CCC(C)Sc1c(C=Nc2ccccc2)cccc1Oc1ccccc1. The van der Waals surface area contributed by atoms with Crippen LogP contribution in [0.2, 0.25) is 0 Å². The lowest BCUT2D eigenvalue weighted by Gasteiger charge is -2.16. The molecular formula is C23H23NOS. The van der Waals surface area contributed by atoms with Gasteiger partial charge in [-0.25, -0.2) is 0 Å². The average Bonchev–Trinajstić information content (AvgIpc) is 2.69. The molecule has 26 heavy (non-hydrogen) atoms. The molecule has 0 saturated carbocycles. The standard InChI is InChI=1S/C23H23NOS/c1-3-18(2)26-23-19(17-24-20-12-6-4-7-13-20)11-10-16-22(23)25-21-14-8-5-9-15-21/h4-18H,3H2,1-2H3. The van der Waals surface area contributed by atoms with E-state index in [4.69, 9.17) is 4.74 Å². The van der Waals surface area contributed by atoms with Crippen LogP contribution in [0.25, 0.3) is 0 Å². The van der Waals surface area contributed by atoms with Crippen LogP contribution in [0.1, 0.15) is 25.8 Å². The Morgan fingerprint density at radius 2 is 1.62 bits per heavy atom. The van der Waals surface area contributed by atoms with Crippen molar-refractivity contribution >= 4 is 23.7 Å². The van der Waals surface area contributed by atoms with E-state index in [9.17, 15) is 0 Å². The van der Waals surface area contributed by atoms with Crippen LogP contribution in [0, 0.1) is 0 Å². The fraction of sp³-hybridized carbons (Fsp3) is 0.174. The van der Waals surface area contributed by atoms with Gasteiger partial charge in [0, 0.05) is 17.0 Å². The third-order valence-corrected chi connectivity index (χ3v) is 5.39. The first-order valence-electron chi connectivity index (χ1n) is 8.88. The van der Waals surface area contributed by atoms with Crippen molar-refractivity contribution in [3.8, 4) is 11.5 Å². The van der Waals surface area contributed by atoms with Gasteiger partial charge in [-0.2, -0.15) is 0 Å². The minimum Gasteiger partial charge on any atom is -0.456 e. The Kier molecular flexibility index (Phi) is 6.50. The molecule has 0 radical (unpaired) electrons. The molecule has 0 bridgehead atoms. The zero-order valence-corrected chi connectivity index (χ0v) is 15.9. The van der Waals surface area contributed by atoms with E-state index >= 15 is 0 Å². The van der Waals surface area contributed by atoms with Gasteiger partial charge >= 0.3 is 0 Å². The molecule has 3 heteroatoms. The first-order valence-corrected chi connectivity index (χ1v) is 9.76. The third-order valence-electron chi connectivity index (χ3n) is 3.98. The van der Waals surface area contributed by atoms with Crippen LogP contribution in [0.4, 0.5) is 5.69 Å². The lowest BCUT2D eigenvalue weighted by atomic mass is 10.2. The normalized spacial score (nSPS) is 12.2. The minimum absolute atomic E-state index is 0.499. The summed E-state index contributed by atoms with van der Waals surface area (Å²) in [6.45, 7) is 4.44. The molecule has 1 atom stereocenters. The molecule has 0 aromatic heterocycles. The van der Waals surface area contributed by atoms with Gasteiger partial charge in [-0.15, -0.1) is 11.8 Å². The number of ether oxygens (including phenoxy) is 1. The van der Waals surface area contributed by atoms with Crippen LogP contribution in [0.3, 0.4) is 0 Å². The summed E-state index contributed by atoms with van der Waals surface area (Å²) < 4.78 is 6.17. The number of benzene rings is 3. The van der Waals surface area contributed by atoms with Crippen molar-refractivity contribution in [2.45, 2.75) is 30.4 Å². The summed E-state index contributed by atoms with van der Waals surface area (Å²) in [6.07, 6.45) is 3.03. The number of hydrogen-bond acceptors (Lipinski definition) is 3. The van der Waals surface area contributed by atoms with Crippen molar-refractivity contribution in [2.24, 2.45) is 4.99 Å². The maximum absolute atomic E-state index is 6.17. The molecule has 0 N–H and O–H groups in total. The second-order valence-electron chi connectivity index (χ2n) is 6.02. The van der Waals surface area contributed by atoms with E-state index in [2.05, 4.69) is 24.9 Å². The molecule has 0 aliphatic rings. The third kappa shape index (κ3) is 4.99. The Balaban J connectivity index is 1.94. The number of hydrogen-bond donors (Lipinski definition) is 0. The highest BCUT2D eigenvalue weighted by Crippen LogP contribution is 2.38. The number of para-hydroxylation sites is 2. The topological polar surface area (TPSA) is 21.6 Å².